The van der Waals surface area contributed by atoms with Gasteiger partial charge in [-0.15, -0.1) is 0 Å². The van der Waals surface area contributed by atoms with Crippen LogP contribution in [0.15, 0.2) is 18.2 Å². The molecule has 0 saturated heterocycles. The molecule has 0 bridgehead atoms. The summed E-state index contributed by atoms with van der Waals surface area (Å²) < 4.78 is 4.88. The highest BCUT2D eigenvalue weighted by atomic mass is 16.6. The van der Waals surface area contributed by atoms with Gasteiger partial charge in [-0.25, -0.2) is 0 Å². The predicted octanol–water partition coefficient (Wildman–Crippen LogP) is 1.45. The van der Waals surface area contributed by atoms with Gasteiger partial charge in [0.05, 0.1) is 18.1 Å². The van der Waals surface area contributed by atoms with Crippen LogP contribution < -0.4 is 4.74 Å². The molecule has 0 fully saturated rings. The van der Waals surface area contributed by atoms with Crippen LogP contribution in [0.1, 0.15) is 23.7 Å². The first-order chi connectivity index (χ1) is 9.36. The van der Waals surface area contributed by atoms with Crippen molar-refractivity contribution >= 4 is 11.6 Å². The van der Waals surface area contributed by atoms with E-state index in [2.05, 4.69) is 0 Å². The molecule has 110 valence electrons. The maximum Gasteiger partial charge on any atom is 0.311 e. The number of nitrogens with zero attached hydrogens (tertiary/aromatic N) is 2. The molecule has 1 unspecified atom stereocenters. The Balaban J connectivity index is 2.93. The van der Waals surface area contributed by atoms with Crippen LogP contribution in [-0.4, -0.2) is 47.6 Å². The zero-order valence-electron chi connectivity index (χ0n) is 11.7. The largest absolute Gasteiger partial charge is 0.490 e. The van der Waals surface area contributed by atoms with Crippen LogP contribution in [0.2, 0.25) is 0 Å². The average Bonchev–Trinajstić information content (AvgIpc) is 2.42. The molecule has 1 aromatic rings. The van der Waals surface area contributed by atoms with Gasteiger partial charge < -0.3 is 14.7 Å². The molecule has 0 saturated carbocycles. The summed E-state index contributed by atoms with van der Waals surface area (Å²) in [6.07, 6.45) is -0.0593. The number of aliphatic hydroxyl groups is 1. The van der Waals surface area contributed by atoms with Crippen LogP contribution in [0.4, 0.5) is 5.69 Å². The third-order valence-electron chi connectivity index (χ3n) is 2.85. The number of amides is 1. The summed E-state index contributed by atoms with van der Waals surface area (Å²) in [5.41, 5.74) is -0.0344. The maximum absolute atomic E-state index is 12.1. The molecule has 1 amide bonds. The van der Waals surface area contributed by atoms with Gasteiger partial charge in [-0.1, -0.05) is 0 Å². The van der Waals surface area contributed by atoms with Crippen LogP contribution in [0, 0.1) is 10.1 Å². The van der Waals surface area contributed by atoms with Gasteiger partial charge in [0, 0.05) is 25.2 Å². The lowest BCUT2D eigenvalue weighted by Gasteiger charge is -2.18. The molecule has 1 N–H and O–H groups in total. The first-order valence-corrected chi connectivity index (χ1v) is 6.12. The molecule has 0 aliphatic carbocycles. The number of hydrogen-bond acceptors (Lipinski definition) is 5. The quantitative estimate of drug-likeness (QED) is 0.629. The molecule has 20 heavy (non-hydrogen) atoms. The van der Waals surface area contributed by atoms with Crippen molar-refractivity contribution in [2.24, 2.45) is 0 Å². The Hall–Kier alpha value is -2.15. The fourth-order valence-corrected chi connectivity index (χ4v) is 1.67. The standard InChI is InChI=1S/C13H18N2O5/c1-9(16)6-7-14(2)13(17)10-4-5-12(20-3)11(8-10)15(18)19/h4-5,8-9,16H,6-7H2,1-3H3. The van der Waals surface area contributed by atoms with Crippen molar-refractivity contribution < 1.29 is 19.6 Å². The number of hydrogen-bond donors (Lipinski definition) is 1. The highest BCUT2D eigenvalue weighted by molar-refractivity contribution is 5.95. The number of nitro groups is 1. The Labute approximate surface area is 116 Å². The van der Waals surface area contributed by atoms with E-state index in [1.54, 1.807) is 14.0 Å². The summed E-state index contributed by atoms with van der Waals surface area (Å²) in [5, 5.41) is 20.1. The molecular weight excluding hydrogens is 264 g/mol. The molecule has 0 aliphatic rings. The lowest BCUT2D eigenvalue weighted by molar-refractivity contribution is -0.385. The minimum atomic E-state index is -0.592. The third kappa shape index (κ3) is 3.92. The molecule has 0 spiro atoms. The second-order valence-corrected chi connectivity index (χ2v) is 4.51. The number of benzene rings is 1. The van der Waals surface area contributed by atoms with Gasteiger partial charge in [0.2, 0.25) is 0 Å². The Morgan fingerprint density at radius 3 is 2.70 bits per heavy atom. The lowest BCUT2D eigenvalue weighted by atomic mass is 10.1. The van der Waals surface area contributed by atoms with E-state index < -0.39 is 11.0 Å². The third-order valence-corrected chi connectivity index (χ3v) is 2.85. The number of aliphatic hydroxyl groups excluding tert-OH is 1. The lowest BCUT2D eigenvalue weighted by Crippen LogP contribution is -2.29. The maximum atomic E-state index is 12.1. The predicted molar refractivity (Wildman–Crippen MR) is 72.9 cm³/mol. The highest BCUT2D eigenvalue weighted by Crippen LogP contribution is 2.27. The van der Waals surface area contributed by atoms with Crippen molar-refractivity contribution in [1.82, 2.24) is 4.90 Å². The van der Waals surface area contributed by atoms with Gasteiger partial charge in [-0.05, 0) is 25.5 Å². The summed E-state index contributed by atoms with van der Waals surface area (Å²) in [4.78, 5) is 23.8. The van der Waals surface area contributed by atoms with Crippen molar-refractivity contribution in [3.63, 3.8) is 0 Å². The van der Waals surface area contributed by atoms with Crippen LogP contribution in [0.25, 0.3) is 0 Å². The molecule has 1 aromatic carbocycles. The molecule has 0 heterocycles. The second kappa shape index (κ2) is 6.85. The molecule has 7 nitrogen and oxygen atoms in total. The van der Waals surface area contributed by atoms with E-state index in [1.165, 1.54) is 30.2 Å². The zero-order chi connectivity index (χ0) is 15.3. The second-order valence-electron chi connectivity index (χ2n) is 4.51. The van der Waals surface area contributed by atoms with Gasteiger partial charge in [0.25, 0.3) is 5.91 Å². The summed E-state index contributed by atoms with van der Waals surface area (Å²) in [6.45, 7) is 2.01. The van der Waals surface area contributed by atoms with Crippen LogP contribution >= 0.6 is 0 Å². The molecule has 7 heteroatoms. The minimum Gasteiger partial charge on any atom is -0.490 e. The summed E-state index contributed by atoms with van der Waals surface area (Å²) in [5.74, 6) is -0.227. The zero-order valence-corrected chi connectivity index (χ0v) is 11.7. The van der Waals surface area contributed by atoms with Crippen LogP contribution in [0.5, 0.6) is 5.75 Å². The Bertz CT molecular complexity index is 502. The molecule has 0 aromatic heterocycles. The Kier molecular flexibility index (Phi) is 5.45. The van der Waals surface area contributed by atoms with Crippen LogP contribution in [0.3, 0.4) is 0 Å². The van der Waals surface area contributed by atoms with Crippen LogP contribution in [-0.2, 0) is 0 Å². The molecule has 0 aliphatic heterocycles. The van der Waals surface area contributed by atoms with Crippen molar-refractivity contribution in [2.75, 3.05) is 20.7 Å². The number of carbonyl (C=O) groups excluding carboxylic acids is 1. The number of rotatable bonds is 6. The molecule has 0 radical (unpaired) electrons. The van der Waals surface area contributed by atoms with E-state index in [9.17, 15) is 20.0 Å². The number of methoxy groups -OCH3 is 1. The van der Waals surface area contributed by atoms with Crippen molar-refractivity contribution in [1.29, 1.82) is 0 Å². The molecular formula is C13H18N2O5. The molecule has 1 rings (SSSR count). The Morgan fingerprint density at radius 2 is 2.20 bits per heavy atom. The number of nitro benzene ring substituents is 1. The van der Waals surface area contributed by atoms with Crippen molar-refractivity contribution in [3.05, 3.63) is 33.9 Å². The first kappa shape index (κ1) is 15.9. The van der Waals surface area contributed by atoms with Gasteiger partial charge in [-0.3, -0.25) is 14.9 Å². The van der Waals surface area contributed by atoms with E-state index in [0.29, 0.717) is 13.0 Å². The van der Waals surface area contributed by atoms with Gasteiger partial charge in [0.15, 0.2) is 5.75 Å². The fraction of sp³-hybridized carbons (Fsp3) is 0.462. The van der Waals surface area contributed by atoms with E-state index in [-0.39, 0.29) is 22.9 Å². The average molecular weight is 282 g/mol. The number of ether oxygens (including phenoxy) is 1. The van der Waals surface area contributed by atoms with E-state index in [4.69, 9.17) is 4.74 Å². The van der Waals surface area contributed by atoms with Gasteiger partial charge >= 0.3 is 5.69 Å². The molecule has 1 atom stereocenters. The van der Waals surface area contributed by atoms with Gasteiger partial charge in [0.1, 0.15) is 0 Å². The van der Waals surface area contributed by atoms with E-state index in [0.717, 1.165) is 0 Å². The summed E-state index contributed by atoms with van der Waals surface area (Å²) >= 11 is 0. The Morgan fingerprint density at radius 1 is 1.55 bits per heavy atom. The summed E-state index contributed by atoms with van der Waals surface area (Å²) in [6, 6.07) is 4.07. The normalized spacial score (nSPS) is 11.8. The minimum absolute atomic E-state index is 0.109. The van der Waals surface area contributed by atoms with Gasteiger partial charge in [-0.2, -0.15) is 0 Å². The first-order valence-electron chi connectivity index (χ1n) is 6.12. The van der Waals surface area contributed by atoms with E-state index >= 15 is 0 Å². The fourth-order valence-electron chi connectivity index (χ4n) is 1.67. The monoisotopic (exact) mass is 282 g/mol. The topological polar surface area (TPSA) is 92.9 Å². The smallest absolute Gasteiger partial charge is 0.311 e. The number of carbonyl (C=O) groups is 1. The SMILES string of the molecule is COc1ccc(C(=O)N(C)CCC(C)O)cc1[N+](=O)[O-]. The summed E-state index contributed by atoms with van der Waals surface area (Å²) in [7, 11) is 2.92. The van der Waals surface area contributed by atoms with Crippen molar-refractivity contribution in [3.8, 4) is 5.75 Å². The van der Waals surface area contributed by atoms with Crippen molar-refractivity contribution in [2.45, 2.75) is 19.4 Å². The highest BCUT2D eigenvalue weighted by Gasteiger charge is 2.20. The van der Waals surface area contributed by atoms with E-state index in [1.807, 2.05) is 0 Å².